The number of carboxylic acid groups (broad SMARTS) is 2. The fourth-order valence-corrected chi connectivity index (χ4v) is 7.26. The Labute approximate surface area is 196 Å². The Hall–Kier alpha value is -0.521. The standard InChI is InChI=1S/C17H30O4.2C4H9.Sn/c1-2-3-4-5-6-7-8-9-10-11-12-13-15(17(20)21)14-16(18)19;2*1-3-4-2;/h14H,2-13H2,1H3,(H,18,19)(H,20,21);2*1,3-4H2,2H3;/b15-14-;;;. The first-order valence-electron chi connectivity index (χ1n) is 12.4. The first kappa shape index (κ1) is 31.7. The van der Waals surface area contributed by atoms with Gasteiger partial charge in [-0.05, 0) is 12.8 Å². The molecule has 0 bridgehead atoms. The molecule has 0 aliphatic rings. The van der Waals surface area contributed by atoms with Gasteiger partial charge in [-0.15, -0.1) is 0 Å². The van der Waals surface area contributed by atoms with Crippen molar-refractivity contribution in [2.24, 2.45) is 0 Å². The fraction of sp³-hybridized carbons (Fsp3) is 0.840. The quantitative estimate of drug-likeness (QED) is 0.0951. The first-order chi connectivity index (χ1) is 14.5. The Balaban J connectivity index is 0. The Morgan fingerprint density at radius 2 is 1.03 bits per heavy atom. The van der Waals surface area contributed by atoms with Gasteiger partial charge >= 0.3 is 81.5 Å². The van der Waals surface area contributed by atoms with Gasteiger partial charge in [0.25, 0.3) is 0 Å². The zero-order valence-corrected chi connectivity index (χ0v) is 22.9. The van der Waals surface area contributed by atoms with E-state index in [-0.39, 0.29) is 26.7 Å². The molecule has 0 saturated carbocycles. The molecule has 5 heteroatoms. The van der Waals surface area contributed by atoms with E-state index in [0.29, 0.717) is 6.42 Å². The number of hydrogen-bond donors (Lipinski definition) is 2. The van der Waals surface area contributed by atoms with E-state index >= 15 is 0 Å². The van der Waals surface area contributed by atoms with Gasteiger partial charge in [0.15, 0.2) is 0 Å². The van der Waals surface area contributed by atoms with Crippen LogP contribution in [0.25, 0.3) is 0 Å². The van der Waals surface area contributed by atoms with Crippen molar-refractivity contribution < 1.29 is 19.8 Å². The number of carbonyl (C=O) groups is 2. The van der Waals surface area contributed by atoms with E-state index in [4.69, 9.17) is 10.2 Å². The maximum absolute atomic E-state index is 10.8. The summed E-state index contributed by atoms with van der Waals surface area (Å²) >= 11 is 0.149. The number of rotatable bonds is 20. The van der Waals surface area contributed by atoms with Crippen molar-refractivity contribution in [3.63, 3.8) is 0 Å². The van der Waals surface area contributed by atoms with E-state index < -0.39 is 11.9 Å². The molecule has 4 nitrogen and oxygen atoms in total. The molecule has 0 spiro atoms. The number of carboxylic acids is 2. The van der Waals surface area contributed by atoms with Gasteiger partial charge in [-0.2, -0.15) is 0 Å². The summed E-state index contributed by atoms with van der Waals surface area (Å²) in [6.07, 6.45) is 20.2. The van der Waals surface area contributed by atoms with Crippen LogP contribution in [0.5, 0.6) is 0 Å². The van der Waals surface area contributed by atoms with Gasteiger partial charge in [0.1, 0.15) is 0 Å². The third-order valence-corrected chi connectivity index (χ3v) is 9.07. The Morgan fingerprint density at radius 1 is 0.633 bits per heavy atom. The molecule has 0 fully saturated rings. The summed E-state index contributed by atoms with van der Waals surface area (Å²) in [6, 6.07) is 0. The van der Waals surface area contributed by atoms with Crippen LogP contribution >= 0.6 is 0 Å². The average Bonchev–Trinajstić information content (AvgIpc) is 2.71. The Kier molecular flexibility index (Phi) is 28.0. The molecule has 0 unspecified atom stereocenters. The zero-order chi connectivity index (χ0) is 22.9. The summed E-state index contributed by atoms with van der Waals surface area (Å²) in [5, 5.41) is 17.4. The second-order valence-corrected chi connectivity index (χ2v) is 12.3. The normalized spacial score (nSPS) is 11.1. The van der Waals surface area contributed by atoms with Crippen molar-refractivity contribution in [1.29, 1.82) is 0 Å². The topological polar surface area (TPSA) is 74.6 Å². The van der Waals surface area contributed by atoms with Crippen LogP contribution in [0, 0.1) is 0 Å². The van der Waals surface area contributed by atoms with Crippen LogP contribution in [0.15, 0.2) is 11.6 Å². The van der Waals surface area contributed by atoms with Crippen molar-refractivity contribution in [3.05, 3.63) is 11.6 Å². The summed E-state index contributed by atoms with van der Waals surface area (Å²) in [5.74, 6) is -2.31. The molecule has 0 aliphatic carbocycles. The van der Waals surface area contributed by atoms with Crippen LogP contribution in [0.3, 0.4) is 0 Å². The molecule has 0 rings (SSSR count). The number of hydrogen-bond acceptors (Lipinski definition) is 2. The third kappa shape index (κ3) is 27.5. The van der Waals surface area contributed by atoms with E-state index in [1.54, 1.807) is 8.87 Å². The molecule has 30 heavy (non-hydrogen) atoms. The predicted octanol–water partition coefficient (Wildman–Crippen LogP) is 7.91. The minimum atomic E-state index is -1.18. The minimum absolute atomic E-state index is 0.00146. The van der Waals surface area contributed by atoms with Crippen LogP contribution in [0.4, 0.5) is 0 Å². The van der Waals surface area contributed by atoms with Gasteiger partial charge in [-0.3, -0.25) is 0 Å². The summed E-state index contributed by atoms with van der Waals surface area (Å²) in [5.41, 5.74) is -0.00146. The van der Waals surface area contributed by atoms with E-state index in [0.717, 1.165) is 25.3 Å². The number of unbranched alkanes of at least 4 members (excludes halogenated alkanes) is 12. The van der Waals surface area contributed by atoms with Crippen LogP contribution in [0.1, 0.15) is 124 Å². The van der Waals surface area contributed by atoms with Crippen molar-refractivity contribution in [3.8, 4) is 0 Å². The molecule has 0 aromatic heterocycles. The Morgan fingerprint density at radius 3 is 1.40 bits per heavy atom. The van der Waals surface area contributed by atoms with Gasteiger partial charge in [0.05, 0.1) is 0 Å². The third-order valence-electron chi connectivity index (χ3n) is 5.04. The SMILES string of the molecule is CCCCCCCCCCCCC/C(=C/C(=O)O)C(=O)O.CCC[CH2][Sn][CH2]CCC. The van der Waals surface area contributed by atoms with E-state index in [2.05, 4.69) is 20.8 Å². The summed E-state index contributed by atoms with van der Waals surface area (Å²) < 4.78 is 3.25. The van der Waals surface area contributed by atoms with Gasteiger partial charge in [-0.1, -0.05) is 71.1 Å². The molecule has 0 aromatic carbocycles. The number of aliphatic carboxylic acids is 2. The summed E-state index contributed by atoms with van der Waals surface area (Å²) in [4.78, 5) is 21.3. The molecule has 0 amide bonds. The summed E-state index contributed by atoms with van der Waals surface area (Å²) in [6.45, 7) is 6.81. The first-order valence-corrected chi connectivity index (χ1v) is 16.4. The molecular weight excluding hydrogens is 483 g/mol. The van der Waals surface area contributed by atoms with Crippen LogP contribution in [-0.4, -0.2) is 43.3 Å². The second kappa shape index (κ2) is 26.5. The Bertz CT molecular complexity index is 415. The second-order valence-electron chi connectivity index (χ2n) is 8.06. The van der Waals surface area contributed by atoms with Gasteiger partial charge in [0, 0.05) is 11.6 Å². The van der Waals surface area contributed by atoms with Gasteiger partial charge in [-0.25, -0.2) is 9.59 Å². The van der Waals surface area contributed by atoms with E-state index in [1.165, 1.54) is 77.0 Å². The average molecular weight is 531 g/mol. The van der Waals surface area contributed by atoms with Crippen LogP contribution < -0.4 is 0 Å². The van der Waals surface area contributed by atoms with Gasteiger partial charge in [0.2, 0.25) is 0 Å². The van der Waals surface area contributed by atoms with Crippen molar-refractivity contribution in [2.75, 3.05) is 0 Å². The zero-order valence-electron chi connectivity index (χ0n) is 20.0. The summed E-state index contributed by atoms with van der Waals surface area (Å²) in [7, 11) is 0. The molecule has 0 heterocycles. The molecule has 0 saturated heterocycles. The molecule has 176 valence electrons. The van der Waals surface area contributed by atoms with Crippen molar-refractivity contribution in [1.82, 2.24) is 0 Å². The van der Waals surface area contributed by atoms with E-state index in [1.807, 2.05) is 0 Å². The van der Waals surface area contributed by atoms with Gasteiger partial charge < -0.3 is 10.2 Å². The monoisotopic (exact) mass is 532 g/mol. The fourth-order valence-electron chi connectivity index (χ4n) is 3.10. The van der Waals surface area contributed by atoms with Crippen LogP contribution in [-0.2, 0) is 9.59 Å². The molecular formula is C25H48O4Sn. The van der Waals surface area contributed by atoms with Crippen molar-refractivity contribution in [2.45, 2.75) is 132 Å². The maximum atomic E-state index is 10.8. The van der Waals surface area contributed by atoms with E-state index in [9.17, 15) is 9.59 Å². The molecule has 2 N–H and O–H groups in total. The molecule has 0 aliphatic heterocycles. The van der Waals surface area contributed by atoms with Crippen molar-refractivity contribution >= 4 is 33.1 Å². The predicted molar refractivity (Wildman–Crippen MR) is 130 cm³/mol. The molecule has 2 radical (unpaired) electrons. The molecule has 0 atom stereocenters. The molecule has 0 aromatic rings. The van der Waals surface area contributed by atoms with Crippen LogP contribution in [0.2, 0.25) is 8.87 Å².